The third-order valence-electron chi connectivity index (χ3n) is 13.5. The number of nitrogens with one attached hydrogen (secondary N) is 8. The van der Waals surface area contributed by atoms with Crippen LogP contribution in [0.5, 0.6) is 0 Å². The molecule has 5 rings (SSSR count). The van der Waals surface area contributed by atoms with E-state index in [0.717, 1.165) is 48.6 Å². The smallest absolute Gasteiger partial charge is 0.243 e. The minimum atomic E-state index is -1.26. The number of hydrogen-bond donors (Lipinski definition) is 11. The summed E-state index contributed by atoms with van der Waals surface area (Å²) < 4.78 is 0. The highest BCUT2D eigenvalue weighted by molar-refractivity contribution is 5.96. The first-order chi connectivity index (χ1) is 36.2. The van der Waals surface area contributed by atoms with Crippen molar-refractivity contribution >= 4 is 64.6 Å². The van der Waals surface area contributed by atoms with Gasteiger partial charge in [-0.05, 0) is 99.3 Å². The van der Waals surface area contributed by atoms with Gasteiger partial charge in [-0.2, -0.15) is 0 Å². The first-order valence-electron chi connectivity index (χ1n) is 26.2. The number of unbranched alkanes of at least 4 members (excludes halogenated alkanes) is 2. The topological polar surface area (TPSA) is 327 Å². The first kappa shape index (κ1) is 58.1. The highest BCUT2D eigenvalue weighted by Gasteiger charge is 2.32. The fourth-order valence-corrected chi connectivity index (χ4v) is 9.30. The molecule has 1 heterocycles. The normalized spacial score (nSPS) is 16.1. The summed E-state index contributed by atoms with van der Waals surface area (Å²) >= 11 is 0. The molecule has 1 aliphatic rings. The summed E-state index contributed by atoms with van der Waals surface area (Å²) in [6, 6.07) is 21.2. The summed E-state index contributed by atoms with van der Waals surface area (Å²) in [6.45, 7) is 2.35. The Morgan fingerprint density at radius 3 is 1.96 bits per heavy atom. The number of nitrogens with zero attached hydrogens (tertiary/aromatic N) is 1. The van der Waals surface area contributed by atoms with E-state index in [1.807, 2.05) is 55.5 Å². The maximum absolute atomic E-state index is 14.3. The van der Waals surface area contributed by atoms with Crippen LogP contribution in [0.15, 0.2) is 96.1 Å². The van der Waals surface area contributed by atoms with Crippen molar-refractivity contribution in [3.05, 3.63) is 108 Å². The molecule has 8 amide bonds. The number of aliphatic imine (C=N–C) groups is 1. The van der Waals surface area contributed by atoms with E-state index in [1.165, 1.54) is 5.56 Å². The maximum atomic E-state index is 14.3. The fraction of sp³-hybridized carbons (Fsp3) is 0.473. The van der Waals surface area contributed by atoms with Gasteiger partial charge in [-0.3, -0.25) is 43.3 Å². The zero-order valence-electron chi connectivity index (χ0n) is 43.0. The van der Waals surface area contributed by atoms with E-state index < -0.39 is 53.8 Å². The van der Waals surface area contributed by atoms with E-state index >= 15 is 0 Å². The molecule has 1 aliphatic carbocycles. The molecule has 0 radical (unpaired) electrons. The molecule has 1 aromatic heterocycles. The molecule has 0 aliphatic heterocycles. The Labute approximate surface area is 438 Å². The number of carbonyl (C=O) groups is 8. The van der Waals surface area contributed by atoms with Crippen LogP contribution in [-0.4, -0.2) is 108 Å². The monoisotopic (exact) mass is 1030 g/mol. The van der Waals surface area contributed by atoms with Crippen molar-refractivity contribution < 1.29 is 38.4 Å². The molecule has 5 unspecified atom stereocenters. The van der Waals surface area contributed by atoms with Crippen LogP contribution in [0.3, 0.4) is 0 Å². The van der Waals surface area contributed by atoms with Crippen LogP contribution in [0.4, 0.5) is 0 Å². The largest absolute Gasteiger partial charge is 0.370 e. The number of amides is 8. The molecule has 5 atom stereocenters. The van der Waals surface area contributed by atoms with Crippen molar-refractivity contribution in [1.82, 2.24) is 42.2 Å². The van der Waals surface area contributed by atoms with Gasteiger partial charge in [0, 0.05) is 61.9 Å². The fourth-order valence-electron chi connectivity index (χ4n) is 9.30. The van der Waals surface area contributed by atoms with E-state index in [-0.39, 0.29) is 94.2 Å². The molecule has 14 N–H and O–H groups in total. The van der Waals surface area contributed by atoms with Gasteiger partial charge in [0.2, 0.25) is 47.8 Å². The average molecular weight is 1030 g/mol. The molecular weight excluding hydrogens is 957 g/mol. The second-order valence-corrected chi connectivity index (χ2v) is 19.2. The van der Waals surface area contributed by atoms with Crippen molar-refractivity contribution in [2.75, 3.05) is 13.1 Å². The number of carbonyl (C=O) groups excluding carboxylic acids is 8. The van der Waals surface area contributed by atoms with Gasteiger partial charge in [0.25, 0.3) is 0 Å². The summed E-state index contributed by atoms with van der Waals surface area (Å²) in [5.74, 6) is -3.44. The molecule has 1 saturated carbocycles. The highest BCUT2D eigenvalue weighted by atomic mass is 16.2. The highest BCUT2D eigenvalue weighted by Crippen LogP contribution is 2.33. The van der Waals surface area contributed by atoms with Gasteiger partial charge in [-0.1, -0.05) is 92.2 Å². The summed E-state index contributed by atoms with van der Waals surface area (Å²) in [7, 11) is 0. The number of aromatic amines is 1. The minimum Gasteiger partial charge on any atom is -0.370 e. The van der Waals surface area contributed by atoms with E-state index in [1.54, 1.807) is 30.5 Å². The standard InChI is InChI=1S/C55H76N12O8/c1-2-3-23-49(70)64-45(51(72)63-40-26-24-38(25-27-40)37-17-8-5-9-18-37)28-29-48(69)59-30-13-12-21-43(50(56)71)65-54(75)47(33-39-34-61-42-20-11-10-19-41(39)42)67-52(73)44(22-14-31-60-55(57)58)66-53(74)46(62-35-68)32-36-15-6-4-7-16-36/h4-11,15-20,34-35,38,40,43-47,61H,2-3,12-14,21-33H2,1H3,(H2,56,71)(H,59,69)(H,62,68)(H,63,72)(H,64,70)(H,65,75)(H,66,74)(H,67,73)(H4,57,58,60). The van der Waals surface area contributed by atoms with Crippen molar-refractivity contribution in [1.29, 1.82) is 0 Å². The third kappa shape index (κ3) is 19.9. The number of aromatic nitrogens is 1. The molecule has 404 valence electrons. The van der Waals surface area contributed by atoms with Crippen LogP contribution in [0.25, 0.3) is 10.9 Å². The Bertz CT molecular complexity index is 2510. The van der Waals surface area contributed by atoms with Crippen LogP contribution in [-0.2, 0) is 51.2 Å². The molecule has 1 fully saturated rings. The Hall–Kier alpha value is -7.77. The molecule has 0 bridgehead atoms. The number of para-hydroxylation sites is 1. The number of H-pyrrole nitrogens is 1. The number of primary amides is 1. The van der Waals surface area contributed by atoms with Crippen LogP contribution < -0.4 is 54.4 Å². The molecule has 20 heteroatoms. The Kier molecular flexibility index (Phi) is 24.1. The second-order valence-electron chi connectivity index (χ2n) is 19.2. The van der Waals surface area contributed by atoms with Gasteiger partial charge < -0.3 is 59.4 Å². The lowest BCUT2D eigenvalue weighted by Crippen LogP contribution is -2.58. The van der Waals surface area contributed by atoms with Crippen LogP contribution in [0.1, 0.15) is 119 Å². The van der Waals surface area contributed by atoms with Gasteiger partial charge in [0.05, 0.1) is 0 Å². The zero-order chi connectivity index (χ0) is 54.0. The second kappa shape index (κ2) is 31.1. The van der Waals surface area contributed by atoms with Crippen LogP contribution >= 0.6 is 0 Å². The van der Waals surface area contributed by atoms with Crippen molar-refractivity contribution in [3.63, 3.8) is 0 Å². The van der Waals surface area contributed by atoms with E-state index in [4.69, 9.17) is 17.2 Å². The quantitative estimate of drug-likeness (QED) is 0.0147. The number of benzene rings is 3. The molecule has 0 saturated heterocycles. The Morgan fingerprint density at radius 2 is 1.27 bits per heavy atom. The summed E-state index contributed by atoms with van der Waals surface area (Å²) in [6.07, 6.45) is 8.84. The lowest BCUT2D eigenvalue weighted by molar-refractivity contribution is -0.134. The predicted octanol–water partition coefficient (Wildman–Crippen LogP) is 2.65. The first-order valence-corrected chi connectivity index (χ1v) is 26.2. The average Bonchev–Trinajstić information content (AvgIpc) is 3.82. The summed E-state index contributed by atoms with van der Waals surface area (Å²) in [5.41, 5.74) is 20.4. The Balaban J connectivity index is 1.18. The van der Waals surface area contributed by atoms with Gasteiger partial charge in [-0.25, -0.2) is 0 Å². The van der Waals surface area contributed by atoms with Gasteiger partial charge in [0.15, 0.2) is 5.96 Å². The molecule has 0 spiro atoms. The maximum Gasteiger partial charge on any atom is 0.243 e. The van der Waals surface area contributed by atoms with E-state index in [2.05, 4.69) is 59.3 Å². The van der Waals surface area contributed by atoms with Gasteiger partial charge >= 0.3 is 0 Å². The summed E-state index contributed by atoms with van der Waals surface area (Å²) in [5, 5.41) is 20.4. The van der Waals surface area contributed by atoms with Gasteiger partial charge in [0.1, 0.15) is 30.2 Å². The number of fused-ring (bicyclic) bond motifs is 1. The predicted molar refractivity (Wildman–Crippen MR) is 287 cm³/mol. The van der Waals surface area contributed by atoms with E-state index in [9.17, 15) is 38.4 Å². The number of hydrogen-bond acceptors (Lipinski definition) is 9. The molecule has 4 aromatic rings. The minimum absolute atomic E-state index is 0.0128. The molecule has 3 aromatic carbocycles. The Morgan fingerprint density at radius 1 is 0.640 bits per heavy atom. The third-order valence-corrected chi connectivity index (χ3v) is 13.5. The SMILES string of the molecule is CCCCC(=O)NC(CCC(=O)NCCCCC(NC(=O)C(Cc1c[nH]c2ccccc12)NC(=O)C(CCCN=C(N)N)NC(=O)C(Cc1ccccc1)NC=O)C(N)=O)C(=O)NC1CCC(c2ccccc2)CC1. The molecular formula is C55H76N12O8. The van der Waals surface area contributed by atoms with Gasteiger partial charge in [-0.15, -0.1) is 0 Å². The number of guanidine groups is 1. The number of rotatable bonds is 32. The van der Waals surface area contributed by atoms with Crippen LogP contribution in [0.2, 0.25) is 0 Å². The van der Waals surface area contributed by atoms with E-state index in [0.29, 0.717) is 37.2 Å². The lowest BCUT2D eigenvalue weighted by atomic mass is 9.81. The van der Waals surface area contributed by atoms with Crippen LogP contribution in [0, 0.1) is 0 Å². The van der Waals surface area contributed by atoms with Crippen molar-refractivity contribution in [3.8, 4) is 0 Å². The zero-order valence-corrected chi connectivity index (χ0v) is 43.0. The molecule has 75 heavy (non-hydrogen) atoms. The van der Waals surface area contributed by atoms with Crippen molar-refractivity contribution in [2.45, 2.75) is 152 Å². The molecule has 20 nitrogen and oxygen atoms in total. The lowest BCUT2D eigenvalue weighted by Gasteiger charge is -2.30. The van der Waals surface area contributed by atoms with Crippen molar-refractivity contribution in [2.24, 2.45) is 22.2 Å². The number of nitrogens with two attached hydrogens (primary N) is 3. The summed E-state index contributed by atoms with van der Waals surface area (Å²) in [4.78, 5) is 113.